The fraction of sp³-hybridized carbons (Fsp3) is 0.0909. The van der Waals surface area contributed by atoms with Crippen LogP contribution in [0, 0.1) is 12.7 Å². The molecule has 9 heteroatoms. The number of sulfonamides is 1. The minimum absolute atomic E-state index is 0.0543. The van der Waals surface area contributed by atoms with Crippen molar-refractivity contribution in [2.75, 3.05) is 16.2 Å². The number of hydrogen-bond acceptors (Lipinski definition) is 4. The summed E-state index contributed by atoms with van der Waals surface area (Å²) < 4.78 is 41.1. The van der Waals surface area contributed by atoms with Crippen LogP contribution in [0.5, 0.6) is 0 Å². The van der Waals surface area contributed by atoms with Crippen molar-refractivity contribution < 1.29 is 17.6 Å². The van der Waals surface area contributed by atoms with Crippen molar-refractivity contribution >= 4 is 39.0 Å². The summed E-state index contributed by atoms with van der Waals surface area (Å²) in [5.41, 5.74) is 1.04. The van der Waals surface area contributed by atoms with E-state index in [0.29, 0.717) is 5.82 Å². The second-order valence-corrected chi connectivity index (χ2v) is 8.80. The van der Waals surface area contributed by atoms with Gasteiger partial charge in [-0.05, 0) is 61.5 Å². The molecule has 6 nitrogen and oxygen atoms in total. The van der Waals surface area contributed by atoms with Gasteiger partial charge >= 0.3 is 0 Å². The second-order valence-electron chi connectivity index (χ2n) is 6.56. The summed E-state index contributed by atoms with van der Waals surface area (Å²) in [4.78, 5) is 16.6. The molecule has 2 aromatic carbocycles. The number of nitrogens with zero attached hydrogens (tertiary/aromatic N) is 2. The van der Waals surface area contributed by atoms with E-state index in [2.05, 4.69) is 16.9 Å². The summed E-state index contributed by atoms with van der Waals surface area (Å²) >= 11 is 6.19. The number of rotatable bonds is 7. The van der Waals surface area contributed by atoms with E-state index in [-0.39, 0.29) is 27.7 Å². The third-order valence-corrected chi connectivity index (χ3v) is 6.58. The highest BCUT2D eigenvalue weighted by atomic mass is 35.5. The molecular weight excluding hydrogens is 441 g/mol. The Bertz CT molecular complexity index is 1230. The van der Waals surface area contributed by atoms with Crippen molar-refractivity contribution in [2.45, 2.75) is 11.8 Å². The highest BCUT2D eigenvalue weighted by Gasteiger charge is 2.27. The first-order valence-electron chi connectivity index (χ1n) is 9.16. The predicted octanol–water partition coefficient (Wildman–Crippen LogP) is 4.82. The van der Waals surface area contributed by atoms with E-state index in [1.165, 1.54) is 36.4 Å². The first-order valence-corrected chi connectivity index (χ1v) is 11.0. The van der Waals surface area contributed by atoms with Gasteiger partial charge in [0.15, 0.2) is 0 Å². The fourth-order valence-corrected chi connectivity index (χ4v) is 4.77. The van der Waals surface area contributed by atoms with Crippen LogP contribution in [-0.2, 0) is 10.0 Å². The molecule has 1 amide bonds. The van der Waals surface area contributed by atoms with Gasteiger partial charge in [-0.1, -0.05) is 23.7 Å². The molecular formula is C22H19ClFN3O3S. The molecule has 0 saturated heterocycles. The maximum atomic E-state index is 13.4. The zero-order valence-corrected chi connectivity index (χ0v) is 18.1. The molecule has 0 aliphatic heterocycles. The number of halogens is 2. The summed E-state index contributed by atoms with van der Waals surface area (Å²) in [5.74, 6) is -0.701. The van der Waals surface area contributed by atoms with Gasteiger partial charge < -0.3 is 5.32 Å². The van der Waals surface area contributed by atoms with Gasteiger partial charge in [0.05, 0.1) is 17.3 Å². The molecule has 0 aliphatic carbocycles. The van der Waals surface area contributed by atoms with Crippen LogP contribution in [-0.4, -0.2) is 25.9 Å². The molecule has 0 fully saturated rings. The molecule has 1 aromatic heterocycles. The van der Waals surface area contributed by atoms with Crippen LogP contribution in [0.1, 0.15) is 16.1 Å². The Balaban J connectivity index is 1.99. The number of hydrogen-bond donors (Lipinski definition) is 1. The van der Waals surface area contributed by atoms with Crippen LogP contribution in [0.15, 0.2) is 78.2 Å². The van der Waals surface area contributed by atoms with Crippen LogP contribution in [0.4, 0.5) is 15.9 Å². The Morgan fingerprint density at radius 2 is 1.90 bits per heavy atom. The van der Waals surface area contributed by atoms with Gasteiger partial charge in [-0.2, -0.15) is 0 Å². The molecule has 3 aromatic rings. The molecule has 0 unspecified atom stereocenters. The minimum atomic E-state index is -4.18. The Morgan fingerprint density at radius 3 is 2.55 bits per heavy atom. The van der Waals surface area contributed by atoms with E-state index in [4.69, 9.17) is 11.6 Å². The third-order valence-electron chi connectivity index (χ3n) is 4.30. The van der Waals surface area contributed by atoms with E-state index in [9.17, 15) is 17.6 Å². The van der Waals surface area contributed by atoms with Crippen LogP contribution in [0.25, 0.3) is 0 Å². The first kappa shape index (κ1) is 22.5. The number of carbonyl (C=O) groups is 1. The Kier molecular flexibility index (Phi) is 6.72. The number of amides is 1. The lowest BCUT2D eigenvalue weighted by Crippen LogP contribution is -2.31. The lowest BCUT2D eigenvalue weighted by Gasteiger charge is -2.24. The van der Waals surface area contributed by atoms with E-state index >= 15 is 0 Å². The summed E-state index contributed by atoms with van der Waals surface area (Å²) in [6.07, 6.45) is 1.40. The number of aromatic nitrogens is 1. The number of anilines is 2. The van der Waals surface area contributed by atoms with Gasteiger partial charge in [0.25, 0.3) is 15.9 Å². The smallest absolute Gasteiger partial charge is 0.266 e. The Labute approximate surface area is 185 Å². The SMILES string of the molecule is C=CCN(c1ccc(F)cc1)S(=O)(=O)c1cc(C(=O)Nc2cccc(C)n2)ccc1Cl. The lowest BCUT2D eigenvalue weighted by atomic mass is 10.2. The molecule has 0 saturated carbocycles. The van der Waals surface area contributed by atoms with E-state index in [1.807, 2.05) is 0 Å². The highest BCUT2D eigenvalue weighted by Crippen LogP contribution is 2.30. The minimum Gasteiger partial charge on any atom is -0.307 e. The molecule has 0 atom stereocenters. The fourth-order valence-electron chi connectivity index (χ4n) is 2.83. The van der Waals surface area contributed by atoms with Crippen molar-refractivity contribution in [3.05, 3.63) is 95.4 Å². The number of carbonyl (C=O) groups excluding carboxylic acids is 1. The maximum Gasteiger partial charge on any atom is 0.266 e. The third kappa shape index (κ3) is 5.10. The average Bonchev–Trinajstić information content (AvgIpc) is 2.73. The monoisotopic (exact) mass is 459 g/mol. The molecule has 160 valence electrons. The van der Waals surface area contributed by atoms with E-state index in [0.717, 1.165) is 22.1 Å². The molecule has 0 bridgehead atoms. The second kappa shape index (κ2) is 9.28. The highest BCUT2D eigenvalue weighted by molar-refractivity contribution is 7.93. The topological polar surface area (TPSA) is 79.4 Å². The molecule has 31 heavy (non-hydrogen) atoms. The van der Waals surface area contributed by atoms with Crippen molar-refractivity contribution in [1.29, 1.82) is 0 Å². The van der Waals surface area contributed by atoms with Gasteiger partial charge in [-0.15, -0.1) is 6.58 Å². The number of benzene rings is 2. The van der Waals surface area contributed by atoms with Crippen molar-refractivity contribution in [1.82, 2.24) is 4.98 Å². The number of pyridine rings is 1. The summed E-state index contributed by atoms with van der Waals surface area (Å²) in [7, 11) is -4.18. The molecule has 0 spiro atoms. The molecule has 0 aliphatic rings. The van der Waals surface area contributed by atoms with Crippen LogP contribution in [0.2, 0.25) is 5.02 Å². The van der Waals surface area contributed by atoms with Crippen molar-refractivity contribution in [3.8, 4) is 0 Å². The maximum absolute atomic E-state index is 13.4. The normalized spacial score (nSPS) is 11.1. The lowest BCUT2D eigenvalue weighted by molar-refractivity contribution is 0.102. The predicted molar refractivity (Wildman–Crippen MR) is 120 cm³/mol. The average molecular weight is 460 g/mol. The van der Waals surface area contributed by atoms with Gasteiger partial charge in [0.1, 0.15) is 16.5 Å². The summed E-state index contributed by atoms with van der Waals surface area (Å²) in [5, 5.41) is 2.58. The summed E-state index contributed by atoms with van der Waals surface area (Å²) in [6.45, 7) is 5.30. The molecule has 3 rings (SSSR count). The first-order chi connectivity index (χ1) is 14.7. The molecule has 1 N–H and O–H groups in total. The van der Waals surface area contributed by atoms with Crippen LogP contribution < -0.4 is 9.62 Å². The molecule has 0 radical (unpaired) electrons. The van der Waals surface area contributed by atoms with E-state index in [1.54, 1.807) is 25.1 Å². The molecule has 1 heterocycles. The largest absolute Gasteiger partial charge is 0.307 e. The quantitative estimate of drug-likeness (QED) is 0.514. The van der Waals surface area contributed by atoms with Crippen LogP contribution >= 0.6 is 11.6 Å². The standard InChI is InChI=1S/C22H19ClFN3O3S/c1-3-13-27(18-10-8-17(24)9-11-18)31(29,30)20-14-16(7-12-19(20)23)22(28)26-21-6-4-5-15(2)25-21/h3-12,14H,1,13H2,2H3,(H,25,26,28). The van der Waals surface area contributed by atoms with Gasteiger partial charge in [0, 0.05) is 11.3 Å². The van der Waals surface area contributed by atoms with Gasteiger partial charge in [-0.25, -0.2) is 17.8 Å². The van der Waals surface area contributed by atoms with E-state index < -0.39 is 21.7 Å². The van der Waals surface area contributed by atoms with Crippen molar-refractivity contribution in [2.24, 2.45) is 0 Å². The Morgan fingerprint density at radius 1 is 1.19 bits per heavy atom. The summed E-state index contributed by atoms with van der Waals surface area (Å²) in [6, 6.07) is 14.1. The Hall–Kier alpha value is -3.23. The zero-order chi connectivity index (χ0) is 22.6. The van der Waals surface area contributed by atoms with Crippen LogP contribution in [0.3, 0.4) is 0 Å². The zero-order valence-electron chi connectivity index (χ0n) is 16.5. The van der Waals surface area contributed by atoms with Gasteiger partial charge in [-0.3, -0.25) is 9.10 Å². The number of nitrogens with one attached hydrogen (secondary N) is 1. The van der Waals surface area contributed by atoms with Crippen molar-refractivity contribution in [3.63, 3.8) is 0 Å². The van der Waals surface area contributed by atoms with Gasteiger partial charge in [0.2, 0.25) is 0 Å². The number of aryl methyl sites for hydroxylation is 1.